The van der Waals surface area contributed by atoms with Gasteiger partial charge in [0.1, 0.15) is 36.1 Å². The fourth-order valence-electron chi connectivity index (χ4n) is 11.5. The van der Waals surface area contributed by atoms with Gasteiger partial charge in [-0.2, -0.15) is 0 Å². The molecule has 0 amide bonds. The standard InChI is InChI=1S/C54H94O16/c1-12-26-53(65)51(63)31(5)17-15-14-16-18-38(28-32(6)55)20-22-41-34(8)49(36(10)54(69-41)27-25-30(4)48(70-54)33(7)39(56)13-2)67-42(58)23-19-29(3)44(59)35(9)45(60)50(46(61)47(62)52(53)64)68-43-24-21-40(57)37(11)66-43/h14-16,18-19,23,29-41,43-52,55-57,59-65H,12-13,17,20-22,24-28H2,1-11H3/b15-14-,18-16-,23-19+/t29-,30+,31+,32-,33-,34+,35+,36-,37-,38+,39-,40+,41-,43+,44-,45-,46-,47+,48+,49-,50+,51-,52-,53-,54+/m1/s1. The van der Waals surface area contributed by atoms with Crippen molar-refractivity contribution in [1.82, 2.24) is 0 Å². The third-order valence-corrected chi connectivity index (χ3v) is 16.5. The van der Waals surface area contributed by atoms with Crippen LogP contribution in [0.2, 0.25) is 0 Å². The Bertz CT molecular complexity index is 1660. The van der Waals surface area contributed by atoms with E-state index in [2.05, 4.69) is 6.92 Å². The highest BCUT2D eigenvalue weighted by molar-refractivity contribution is 5.82. The van der Waals surface area contributed by atoms with Crippen molar-refractivity contribution in [1.29, 1.82) is 0 Å². The second kappa shape index (κ2) is 27.1. The van der Waals surface area contributed by atoms with Crippen molar-refractivity contribution in [3.8, 4) is 0 Å². The molecule has 3 saturated heterocycles. The molecule has 0 radical (unpaired) electrons. The van der Waals surface area contributed by atoms with Crippen LogP contribution in [0.1, 0.15) is 147 Å². The van der Waals surface area contributed by atoms with Gasteiger partial charge in [-0.15, -0.1) is 0 Å². The van der Waals surface area contributed by atoms with Crippen molar-refractivity contribution >= 4 is 5.97 Å². The number of allylic oxidation sites excluding steroid dienone is 4. The van der Waals surface area contributed by atoms with Crippen molar-refractivity contribution in [2.75, 3.05) is 0 Å². The molecule has 4 aliphatic rings. The van der Waals surface area contributed by atoms with Crippen LogP contribution in [0.3, 0.4) is 0 Å². The van der Waals surface area contributed by atoms with E-state index < -0.39 is 127 Å². The van der Waals surface area contributed by atoms with E-state index in [1.165, 1.54) is 19.1 Å². The summed E-state index contributed by atoms with van der Waals surface area (Å²) < 4.78 is 32.4. The highest BCUT2D eigenvalue weighted by Crippen LogP contribution is 2.50. The van der Waals surface area contributed by atoms with Crippen LogP contribution in [0.25, 0.3) is 0 Å². The Morgan fingerprint density at radius 1 is 0.771 bits per heavy atom. The highest BCUT2D eigenvalue weighted by atomic mass is 16.7. The molecule has 0 saturated carbocycles. The van der Waals surface area contributed by atoms with Crippen LogP contribution >= 0.6 is 0 Å². The molecule has 70 heavy (non-hydrogen) atoms. The summed E-state index contributed by atoms with van der Waals surface area (Å²) in [4.78, 5) is 13.9. The molecular formula is C54H94O16. The Hall–Kier alpha value is -1.87. The van der Waals surface area contributed by atoms with Gasteiger partial charge in [0.2, 0.25) is 0 Å². The molecule has 4 rings (SSSR count). The number of aliphatic hydroxyl groups excluding tert-OH is 9. The molecule has 0 unspecified atom stereocenters. The number of rotatable bonds is 9. The molecule has 4 heterocycles. The van der Waals surface area contributed by atoms with Gasteiger partial charge in [0.15, 0.2) is 12.1 Å². The Balaban J connectivity index is 1.77. The lowest BCUT2D eigenvalue weighted by Gasteiger charge is -2.56. The van der Waals surface area contributed by atoms with Gasteiger partial charge in [-0.05, 0) is 83.0 Å². The second-order valence-electron chi connectivity index (χ2n) is 22.1. The molecule has 2 bridgehead atoms. The summed E-state index contributed by atoms with van der Waals surface area (Å²) in [5.41, 5.74) is -2.33. The third kappa shape index (κ3) is 14.9. The fraction of sp³-hybridized carbons (Fsp3) is 0.870. The number of ether oxygens (including phenoxy) is 5. The lowest BCUT2D eigenvalue weighted by atomic mass is 9.73. The molecule has 16 nitrogen and oxygen atoms in total. The number of fused-ring (bicyclic) bond motifs is 2. The zero-order valence-corrected chi connectivity index (χ0v) is 43.9. The molecule has 25 atom stereocenters. The molecule has 1 spiro atoms. The second-order valence-corrected chi connectivity index (χ2v) is 22.1. The van der Waals surface area contributed by atoms with Crippen LogP contribution < -0.4 is 0 Å². The predicted molar refractivity (Wildman–Crippen MR) is 263 cm³/mol. The van der Waals surface area contributed by atoms with Crippen molar-refractivity contribution in [2.45, 2.75) is 250 Å². The number of hydrogen-bond donors (Lipinski definition) is 10. The van der Waals surface area contributed by atoms with Crippen molar-refractivity contribution in [3.05, 3.63) is 36.5 Å². The Labute approximate surface area is 418 Å². The van der Waals surface area contributed by atoms with Gasteiger partial charge in [-0.1, -0.05) is 99.1 Å². The van der Waals surface area contributed by atoms with Crippen molar-refractivity contribution in [3.63, 3.8) is 0 Å². The maximum atomic E-state index is 13.9. The van der Waals surface area contributed by atoms with E-state index in [0.29, 0.717) is 32.1 Å². The van der Waals surface area contributed by atoms with E-state index in [9.17, 15) is 55.9 Å². The van der Waals surface area contributed by atoms with E-state index in [1.807, 2.05) is 52.0 Å². The Morgan fingerprint density at radius 3 is 2.09 bits per heavy atom. The largest absolute Gasteiger partial charge is 0.458 e. The van der Waals surface area contributed by atoms with Crippen LogP contribution in [0, 0.1) is 47.3 Å². The first-order chi connectivity index (χ1) is 32.8. The molecule has 0 aromatic rings. The zero-order chi connectivity index (χ0) is 52.4. The van der Waals surface area contributed by atoms with Crippen LogP contribution in [0.15, 0.2) is 36.5 Å². The minimum atomic E-state index is -2.33. The lowest BCUT2D eigenvalue weighted by molar-refractivity contribution is -0.376. The maximum Gasteiger partial charge on any atom is 0.330 e. The van der Waals surface area contributed by atoms with Crippen LogP contribution in [-0.4, -0.2) is 160 Å². The van der Waals surface area contributed by atoms with Gasteiger partial charge < -0.3 is 74.7 Å². The highest BCUT2D eigenvalue weighted by Gasteiger charge is 2.57. The third-order valence-electron chi connectivity index (χ3n) is 16.5. The van der Waals surface area contributed by atoms with Crippen LogP contribution in [-0.2, 0) is 28.5 Å². The average Bonchev–Trinajstić information content (AvgIpc) is 3.33. The Morgan fingerprint density at radius 2 is 1.46 bits per heavy atom. The van der Waals surface area contributed by atoms with Crippen LogP contribution in [0.5, 0.6) is 0 Å². The van der Waals surface area contributed by atoms with E-state index >= 15 is 0 Å². The number of aliphatic hydroxyl groups is 10. The average molecular weight is 999 g/mol. The van der Waals surface area contributed by atoms with Gasteiger partial charge in [0, 0.05) is 48.5 Å². The maximum absolute atomic E-state index is 13.9. The van der Waals surface area contributed by atoms with E-state index in [1.54, 1.807) is 34.6 Å². The molecule has 0 aromatic carbocycles. The molecule has 0 aliphatic carbocycles. The topological polar surface area (TPSA) is 266 Å². The monoisotopic (exact) mass is 999 g/mol. The summed E-state index contributed by atoms with van der Waals surface area (Å²) in [5, 5.41) is 115. The zero-order valence-electron chi connectivity index (χ0n) is 43.9. The molecular weight excluding hydrogens is 905 g/mol. The first kappa shape index (κ1) is 60.7. The van der Waals surface area contributed by atoms with Crippen LogP contribution in [0.4, 0.5) is 0 Å². The molecule has 406 valence electrons. The minimum absolute atomic E-state index is 0.0833. The lowest BCUT2D eigenvalue weighted by Crippen LogP contribution is -2.63. The number of carbonyl (C=O) groups is 1. The summed E-state index contributed by atoms with van der Waals surface area (Å²) in [6.07, 6.45) is -3.50. The number of esters is 1. The van der Waals surface area contributed by atoms with E-state index in [-0.39, 0.29) is 61.9 Å². The molecule has 10 N–H and O–H groups in total. The van der Waals surface area contributed by atoms with E-state index in [0.717, 1.165) is 6.42 Å². The molecule has 0 aromatic heterocycles. The van der Waals surface area contributed by atoms with Gasteiger partial charge in [0.25, 0.3) is 0 Å². The molecule has 3 fully saturated rings. The summed E-state index contributed by atoms with van der Waals surface area (Å²) in [6.45, 7) is 20.0. The molecule has 16 heteroatoms. The predicted octanol–water partition coefficient (Wildman–Crippen LogP) is 4.60. The summed E-state index contributed by atoms with van der Waals surface area (Å²) >= 11 is 0. The fourth-order valence-corrected chi connectivity index (χ4v) is 11.5. The normalized spacial score (nSPS) is 47.4. The van der Waals surface area contributed by atoms with Gasteiger partial charge >= 0.3 is 5.97 Å². The first-order valence-corrected chi connectivity index (χ1v) is 26.6. The first-order valence-electron chi connectivity index (χ1n) is 26.6. The molecule has 4 aliphatic heterocycles. The summed E-state index contributed by atoms with van der Waals surface area (Å²) in [6, 6.07) is 0. The number of carbonyl (C=O) groups excluding carboxylic acids is 1. The van der Waals surface area contributed by atoms with Crippen molar-refractivity contribution < 1.29 is 79.5 Å². The van der Waals surface area contributed by atoms with Crippen molar-refractivity contribution in [2.24, 2.45) is 47.3 Å². The minimum Gasteiger partial charge on any atom is -0.458 e. The van der Waals surface area contributed by atoms with E-state index in [4.69, 9.17) is 23.7 Å². The Kier molecular flexibility index (Phi) is 23.5. The summed E-state index contributed by atoms with van der Waals surface area (Å²) in [7, 11) is 0. The quantitative estimate of drug-likeness (QED) is 0.142. The number of hydrogen-bond acceptors (Lipinski definition) is 16. The SMILES string of the molecule is CCC[C@]1(O)[C@H](O)[C@@H](O)[C@@H](O)[C@@H](O[C@H]2CC[C@H](O)[C@@H](C)O2)[C@H](O)[C@@H](C)[C@H](O)[C@H](C)/C=C/C(=O)O[C@@H]2[C@@H](C)[C@@H](CC[C@@H](C[C@@H](C)O)/C=C\C=C/C[C@H](C)[C@H]1O)O[C@]1(CC[C@H](C)[C@@H]([C@H](C)[C@H](O)CC)O1)[C@@H]2C. The van der Waals surface area contributed by atoms with Gasteiger partial charge in [0.05, 0.1) is 54.9 Å². The van der Waals surface area contributed by atoms with Gasteiger partial charge in [-0.25, -0.2) is 4.79 Å². The van der Waals surface area contributed by atoms with Gasteiger partial charge in [-0.3, -0.25) is 0 Å². The smallest absolute Gasteiger partial charge is 0.330 e. The summed E-state index contributed by atoms with van der Waals surface area (Å²) in [5.74, 6) is -5.18.